The van der Waals surface area contributed by atoms with E-state index in [4.69, 9.17) is 10.00 Å². The van der Waals surface area contributed by atoms with Gasteiger partial charge >= 0.3 is 0 Å². The third-order valence-corrected chi connectivity index (χ3v) is 3.19. The van der Waals surface area contributed by atoms with Crippen LogP contribution in [0.15, 0.2) is 36.9 Å². The fraction of sp³-hybridized carbons (Fsp3) is 0.133. The van der Waals surface area contributed by atoms with Gasteiger partial charge in [0.15, 0.2) is 17.6 Å². The highest BCUT2D eigenvalue weighted by Gasteiger charge is 2.15. The van der Waals surface area contributed by atoms with Crippen LogP contribution in [0.1, 0.15) is 12.5 Å². The summed E-state index contributed by atoms with van der Waals surface area (Å²) in [5, 5.41) is 8.76. The summed E-state index contributed by atoms with van der Waals surface area (Å²) in [6, 6.07) is 8.52. The van der Waals surface area contributed by atoms with Crippen molar-refractivity contribution in [3.63, 3.8) is 0 Å². The second-order valence-electron chi connectivity index (χ2n) is 4.83. The van der Waals surface area contributed by atoms with Crippen molar-refractivity contribution in [3.8, 4) is 11.8 Å². The Balaban J connectivity index is 1.60. The molecule has 2 heterocycles. The Labute approximate surface area is 136 Å². The third kappa shape index (κ3) is 3.22. The van der Waals surface area contributed by atoms with Gasteiger partial charge in [0.05, 0.1) is 18.0 Å². The van der Waals surface area contributed by atoms with Gasteiger partial charge in [-0.3, -0.25) is 15.6 Å². The number of carbonyl (C=O) groups is 1. The number of nitriles is 1. The van der Waals surface area contributed by atoms with Crippen LogP contribution in [0.2, 0.25) is 0 Å². The number of carbonyl (C=O) groups excluding carboxylic acids is 1. The maximum Gasteiger partial charge on any atom is 0.279 e. The van der Waals surface area contributed by atoms with Crippen LogP contribution >= 0.6 is 0 Å². The van der Waals surface area contributed by atoms with Crippen molar-refractivity contribution >= 4 is 22.9 Å². The Kier molecular flexibility index (Phi) is 4.20. The summed E-state index contributed by atoms with van der Waals surface area (Å²) >= 11 is 0. The van der Waals surface area contributed by atoms with E-state index < -0.39 is 6.10 Å². The van der Waals surface area contributed by atoms with Gasteiger partial charge in [-0.15, -0.1) is 0 Å². The van der Waals surface area contributed by atoms with Crippen molar-refractivity contribution in [2.24, 2.45) is 0 Å². The lowest BCUT2D eigenvalue weighted by Gasteiger charge is -2.15. The van der Waals surface area contributed by atoms with E-state index in [0.29, 0.717) is 28.3 Å². The van der Waals surface area contributed by atoms with Crippen molar-refractivity contribution in [2.75, 3.05) is 5.43 Å². The summed E-state index contributed by atoms with van der Waals surface area (Å²) in [5.41, 5.74) is 6.83. The van der Waals surface area contributed by atoms with Gasteiger partial charge in [0, 0.05) is 0 Å². The van der Waals surface area contributed by atoms with Gasteiger partial charge in [-0.25, -0.2) is 15.0 Å². The molecule has 0 unspecified atom stereocenters. The Morgan fingerprint density at radius 1 is 1.29 bits per heavy atom. The molecule has 0 aliphatic heterocycles. The van der Waals surface area contributed by atoms with E-state index in [1.54, 1.807) is 31.2 Å². The first-order valence-corrected chi connectivity index (χ1v) is 7.04. The van der Waals surface area contributed by atoms with E-state index in [1.807, 2.05) is 6.07 Å². The monoisotopic (exact) mass is 323 g/mol. The summed E-state index contributed by atoms with van der Waals surface area (Å²) in [6.45, 7) is 1.61. The lowest BCUT2D eigenvalue weighted by molar-refractivity contribution is -0.126. The molecule has 0 radical (unpaired) electrons. The van der Waals surface area contributed by atoms with Gasteiger partial charge < -0.3 is 9.72 Å². The molecule has 0 aliphatic carbocycles. The summed E-state index contributed by atoms with van der Waals surface area (Å²) in [7, 11) is 0. The van der Waals surface area contributed by atoms with E-state index in [2.05, 4.69) is 30.8 Å². The highest BCUT2D eigenvalue weighted by Crippen LogP contribution is 2.15. The van der Waals surface area contributed by atoms with Crippen LogP contribution in [0.3, 0.4) is 0 Å². The molecule has 3 rings (SSSR count). The number of anilines is 1. The number of nitrogens with one attached hydrogen (secondary N) is 3. The first-order valence-electron chi connectivity index (χ1n) is 7.04. The van der Waals surface area contributed by atoms with Crippen LogP contribution < -0.4 is 15.6 Å². The highest BCUT2D eigenvalue weighted by atomic mass is 16.5. The molecular formula is C15H13N7O2. The first-order chi connectivity index (χ1) is 11.7. The molecule has 0 saturated heterocycles. The van der Waals surface area contributed by atoms with Gasteiger partial charge in [-0.05, 0) is 31.2 Å². The molecule has 24 heavy (non-hydrogen) atoms. The average Bonchev–Trinajstić information content (AvgIpc) is 3.09. The van der Waals surface area contributed by atoms with Crippen LogP contribution in [0, 0.1) is 11.3 Å². The molecule has 9 heteroatoms. The van der Waals surface area contributed by atoms with Crippen molar-refractivity contribution in [3.05, 3.63) is 42.5 Å². The maximum atomic E-state index is 12.1. The molecule has 3 aromatic rings. The molecule has 1 aromatic carbocycles. The number of benzene rings is 1. The van der Waals surface area contributed by atoms with Crippen molar-refractivity contribution in [1.29, 1.82) is 5.26 Å². The topological polar surface area (TPSA) is 129 Å². The zero-order valence-electron chi connectivity index (χ0n) is 12.6. The summed E-state index contributed by atoms with van der Waals surface area (Å²) in [4.78, 5) is 27.0. The Morgan fingerprint density at radius 2 is 2.08 bits per heavy atom. The number of aromatic amines is 1. The summed E-state index contributed by atoms with van der Waals surface area (Å²) < 4.78 is 5.52. The predicted octanol–water partition coefficient (Wildman–Crippen LogP) is 1.14. The smallest absolute Gasteiger partial charge is 0.279 e. The zero-order valence-corrected chi connectivity index (χ0v) is 12.6. The summed E-state index contributed by atoms with van der Waals surface area (Å²) in [6.07, 6.45) is 2.08. The molecule has 0 bridgehead atoms. The minimum absolute atomic E-state index is 0.384. The second kappa shape index (κ2) is 6.62. The van der Waals surface area contributed by atoms with Crippen molar-refractivity contribution in [2.45, 2.75) is 13.0 Å². The lowest BCUT2D eigenvalue weighted by atomic mass is 10.2. The number of hydrazine groups is 1. The number of hydrogen-bond donors (Lipinski definition) is 3. The molecule has 9 nitrogen and oxygen atoms in total. The number of aromatic nitrogens is 4. The molecule has 2 aromatic heterocycles. The number of rotatable bonds is 5. The van der Waals surface area contributed by atoms with E-state index in [1.165, 1.54) is 12.7 Å². The van der Waals surface area contributed by atoms with Gasteiger partial charge in [0.25, 0.3) is 5.91 Å². The number of ether oxygens (including phenoxy) is 1. The Bertz CT molecular complexity index is 898. The number of nitrogens with zero attached hydrogens (tertiary/aromatic N) is 4. The first kappa shape index (κ1) is 15.2. The Morgan fingerprint density at radius 3 is 2.83 bits per heavy atom. The van der Waals surface area contributed by atoms with E-state index in [9.17, 15) is 4.79 Å². The molecule has 1 amide bonds. The largest absolute Gasteiger partial charge is 0.481 e. The minimum Gasteiger partial charge on any atom is -0.481 e. The van der Waals surface area contributed by atoms with Crippen molar-refractivity contribution in [1.82, 2.24) is 25.4 Å². The van der Waals surface area contributed by atoms with Crippen LogP contribution in [0.25, 0.3) is 11.2 Å². The number of fused-ring (bicyclic) bond motifs is 1. The van der Waals surface area contributed by atoms with Gasteiger partial charge in [0.1, 0.15) is 17.6 Å². The minimum atomic E-state index is -0.746. The molecule has 0 fully saturated rings. The van der Waals surface area contributed by atoms with E-state index in [0.717, 1.165) is 0 Å². The predicted molar refractivity (Wildman–Crippen MR) is 84.7 cm³/mol. The molecule has 0 aliphatic rings. The fourth-order valence-corrected chi connectivity index (χ4v) is 1.95. The molecule has 1 atom stereocenters. The van der Waals surface area contributed by atoms with Gasteiger partial charge in [-0.1, -0.05) is 0 Å². The van der Waals surface area contributed by atoms with E-state index >= 15 is 0 Å². The average molecular weight is 323 g/mol. The van der Waals surface area contributed by atoms with Gasteiger partial charge in [-0.2, -0.15) is 5.26 Å². The van der Waals surface area contributed by atoms with Crippen LogP contribution in [-0.4, -0.2) is 31.9 Å². The molecule has 0 spiro atoms. The maximum absolute atomic E-state index is 12.1. The number of imidazole rings is 1. The van der Waals surface area contributed by atoms with Crippen LogP contribution in [0.5, 0.6) is 5.75 Å². The summed E-state index contributed by atoms with van der Waals surface area (Å²) in [5.74, 6) is 0.511. The van der Waals surface area contributed by atoms with Gasteiger partial charge in [0.2, 0.25) is 0 Å². The van der Waals surface area contributed by atoms with Crippen LogP contribution in [0.4, 0.5) is 5.82 Å². The molecule has 120 valence electrons. The highest BCUT2D eigenvalue weighted by molar-refractivity contribution is 5.85. The SMILES string of the molecule is C[C@H](Oc1ccc(C#N)cc1)C(=O)NNc1ncnc2nc[nH]c12. The standard InChI is InChI=1S/C15H13N7O2/c1-9(24-11-4-2-10(6-16)3-5-11)15(23)22-21-14-12-13(18-7-17-12)19-8-20-14/h2-5,7-9H,1H3,(H,22,23)(H2,17,18,19,20,21)/t9-/m0/s1. The quantitative estimate of drug-likeness (QED) is 0.600. The number of H-pyrrole nitrogens is 1. The zero-order chi connectivity index (χ0) is 16.9. The lowest BCUT2D eigenvalue weighted by Crippen LogP contribution is -2.39. The third-order valence-electron chi connectivity index (χ3n) is 3.19. The van der Waals surface area contributed by atoms with Crippen LogP contribution in [-0.2, 0) is 4.79 Å². The van der Waals surface area contributed by atoms with E-state index in [-0.39, 0.29) is 5.91 Å². The fourth-order valence-electron chi connectivity index (χ4n) is 1.95. The molecule has 3 N–H and O–H groups in total. The number of amides is 1. The normalized spacial score (nSPS) is 11.5. The molecular weight excluding hydrogens is 310 g/mol. The number of hydrogen-bond acceptors (Lipinski definition) is 7. The second-order valence-corrected chi connectivity index (χ2v) is 4.83. The Hall–Kier alpha value is -3.67. The molecule has 0 saturated carbocycles. The van der Waals surface area contributed by atoms with Crippen molar-refractivity contribution < 1.29 is 9.53 Å².